The number of aliphatic imine (C=N–C) groups is 1. The van der Waals surface area contributed by atoms with Crippen molar-refractivity contribution >= 4 is 35.7 Å². The van der Waals surface area contributed by atoms with Crippen molar-refractivity contribution < 1.29 is 26.2 Å². The zero-order chi connectivity index (χ0) is 46.2. The molecule has 1 atom stereocenters. The van der Waals surface area contributed by atoms with Crippen LogP contribution < -0.4 is 0 Å². The SMILES string of the molecule is CC(C)(C)c1cc(-c2cc(-c3nc4ccccc4[se]3)ccn2)[c-]c(-c2cccc3c2N=C(c2cc(C(C)(C)C)cc(C(C)(C)C)c2O)C3c2ccc(C(C)(C)C)cc2-c2ccccc2)c1.[Pt]. The summed E-state index contributed by atoms with van der Waals surface area (Å²) >= 11 is 0.121. The second-order valence-electron chi connectivity index (χ2n) is 21.9. The number of benzene rings is 6. The van der Waals surface area contributed by atoms with E-state index in [4.69, 9.17) is 15.0 Å². The van der Waals surface area contributed by atoms with E-state index in [2.05, 4.69) is 217 Å². The first-order chi connectivity index (χ1) is 30.6. The Morgan fingerprint density at radius 1 is 0.545 bits per heavy atom. The number of rotatable bonds is 6. The summed E-state index contributed by atoms with van der Waals surface area (Å²) in [6, 6.07) is 49.8. The molecule has 4 nitrogen and oxygen atoms in total. The topological polar surface area (TPSA) is 58.4 Å². The summed E-state index contributed by atoms with van der Waals surface area (Å²) in [5.74, 6) is 0.0203. The number of phenolic OH excluding ortho intramolecular Hbond substituents is 1. The van der Waals surface area contributed by atoms with E-state index < -0.39 is 0 Å². The van der Waals surface area contributed by atoms with Crippen LogP contribution in [0.5, 0.6) is 5.75 Å². The summed E-state index contributed by atoms with van der Waals surface area (Å²) in [6.45, 7) is 26.9. The molecule has 0 amide bonds. The van der Waals surface area contributed by atoms with E-state index in [1.807, 2.05) is 6.20 Å². The predicted molar refractivity (Wildman–Crippen MR) is 274 cm³/mol. The molecule has 66 heavy (non-hydrogen) atoms. The summed E-state index contributed by atoms with van der Waals surface area (Å²) < 4.78 is 2.42. The van der Waals surface area contributed by atoms with E-state index in [0.29, 0.717) is 5.75 Å². The fraction of sp³-hybridized carbons (Fsp3) is 0.283. The first kappa shape index (κ1) is 47.3. The normalized spacial score (nSPS) is 14.2. The minimum atomic E-state index is -0.310. The van der Waals surface area contributed by atoms with Gasteiger partial charge in [-0.3, -0.25) is 0 Å². The molecule has 1 aliphatic rings. The molecule has 0 radical (unpaired) electrons. The number of aromatic nitrogens is 2. The van der Waals surface area contributed by atoms with E-state index in [-0.39, 0.29) is 63.1 Å². The minimum absolute atomic E-state index is 0. The standard InChI is InChI=1S/C60H60N3OSe.Pt/c1-57(2,3)40-25-26-44(46(33-40)36-19-14-13-15-20-36)52-45-22-18-21-43(53(45)63-54(52)47-34-42(59(7,8)9)35-48(55(47)64)60(10,11)12)38-29-39(31-41(30-38)58(4,5)6)50-32-37(27-28-61-50)56-62-49-23-16-17-24-51(49)65-56;/h13-28,30-35,52,64H,1-12H3;/q-1;. The molecule has 0 bridgehead atoms. The van der Waals surface area contributed by atoms with Crippen molar-refractivity contribution in [3.05, 3.63) is 179 Å². The van der Waals surface area contributed by atoms with Gasteiger partial charge in [0.15, 0.2) is 0 Å². The Labute approximate surface area is 412 Å². The Bertz CT molecular complexity index is 3120. The van der Waals surface area contributed by atoms with E-state index in [9.17, 15) is 5.11 Å². The van der Waals surface area contributed by atoms with Gasteiger partial charge in [-0.1, -0.05) is 117 Å². The van der Waals surface area contributed by atoms with Gasteiger partial charge >= 0.3 is 217 Å². The fourth-order valence-corrected chi connectivity index (χ4v) is 11.0. The van der Waals surface area contributed by atoms with Crippen LogP contribution in [0, 0.1) is 6.07 Å². The molecule has 2 aromatic heterocycles. The molecule has 0 spiro atoms. The van der Waals surface area contributed by atoms with Crippen LogP contribution in [-0.2, 0) is 42.7 Å². The van der Waals surface area contributed by atoms with Gasteiger partial charge in [0.1, 0.15) is 5.75 Å². The van der Waals surface area contributed by atoms with Gasteiger partial charge < -0.3 is 5.11 Å². The summed E-state index contributed by atoms with van der Waals surface area (Å²) in [7, 11) is 0. The number of hydrogen-bond donors (Lipinski definition) is 1. The summed E-state index contributed by atoms with van der Waals surface area (Å²) in [5.41, 5.74) is 16.9. The maximum absolute atomic E-state index is 12.6. The van der Waals surface area contributed by atoms with Gasteiger partial charge in [0.05, 0.1) is 0 Å². The molecule has 8 aromatic rings. The zero-order valence-electron chi connectivity index (χ0n) is 40.3. The molecule has 6 heteroatoms. The minimum Gasteiger partial charge on any atom is 0 e. The number of aromatic hydroxyl groups is 1. The summed E-state index contributed by atoms with van der Waals surface area (Å²) in [4.78, 5) is 15.8. The van der Waals surface area contributed by atoms with Gasteiger partial charge in [0.25, 0.3) is 0 Å². The Hall–Kier alpha value is -5.18. The van der Waals surface area contributed by atoms with Crippen LogP contribution in [0.25, 0.3) is 53.4 Å². The van der Waals surface area contributed by atoms with E-state index in [0.717, 1.165) is 77.2 Å². The van der Waals surface area contributed by atoms with E-state index in [1.54, 1.807) is 0 Å². The van der Waals surface area contributed by atoms with Crippen molar-refractivity contribution in [3.8, 4) is 49.4 Å². The first-order valence-electron chi connectivity index (χ1n) is 22.9. The van der Waals surface area contributed by atoms with Crippen molar-refractivity contribution in [2.24, 2.45) is 4.99 Å². The monoisotopic (exact) mass is 1110 g/mol. The quantitative estimate of drug-likeness (QED) is 0.133. The number of fused-ring (bicyclic) bond motifs is 2. The van der Waals surface area contributed by atoms with Gasteiger partial charge in [-0.15, -0.1) is 0 Å². The van der Waals surface area contributed by atoms with Crippen molar-refractivity contribution in [1.29, 1.82) is 0 Å². The number of nitrogens with zero attached hydrogens (tertiary/aromatic N) is 3. The molecule has 6 aromatic carbocycles. The van der Waals surface area contributed by atoms with Crippen LogP contribution in [0.1, 0.15) is 128 Å². The van der Waals surface area contributed by atoms with Crippen LogP contribution in [0.4, 0.5) is 5.69 Å². The molecule has 338 valence electrons. The number of para-hydroxylation sites is 2. The van der Waals surface area contributed by atoms with Crippen molar-refractivity contribution in [2.75, 3.05) is 0 Å². The van der Waals surface area contributed by atoms with Gasteiger partial charge in [-0.2, -0.15) is 0 Å². The maximum atomic E-state index is 12.6. The average Bonchev–Trinajstić information content (AvgIpc) is 3.87. The van der Waals surface area contributed by atoms with Crippen molar-refractivity contribution in [2.45, 2.75) is 111 Å². The number of hydrogen-bond acceptors (Lipinski definition) is 4. The molecule has 0 saturated carbocycles. The molecule has 0 saturated heterocycles. The second-order valence-corrected chi connectivity index (χ2v) is 24.0. The summed E-state index contributed by atoms with van der Waals surface area (Å²) in [5, 5.41) is 12.6. The predicted octanol–water partition coefficient (Wildman–Crippen LogP) is 15.3. The van der Waals surface area contributed by atoms with E-state index >= 15 is 0 Å². The third-order valence-electron chi connectivity index (χ3n) is 12.9. The van der Waals surface area contributed by atoms with E-state index in [1.165, 1.54) is 26.5 Å². The Morgan fingerprint density at radius 3 is 1.88 bits per heavy atom. The largest absolute Gasteiger partial charge is 0 e. The Kier molecular flexibility index (Phi) is 12.5. The fourth-order valence-electron chi connectivity index (χ4n) is 8.97. The van der Waals surface area contributed by atoms with Crippen molar-refractivity contribution in [3.63, 3.8) is 0 Å². The third-order valence-corrected chi connectivity index (χ3v) is 15.1. The molecule has 3 heterocycles. The van der Waals surface area contributed by atoms with Crippen LogP contribution in [-0.4, -0.2) is 35.3 Å². The average molecular weight is 1110 g/mol. The van der Waals surface area contributed by atoms with Crippen LogP contribution >= 0.6 is 0 Å². The van der Waals surface area contributed by atoms with Gasteiger partial charge in [0, 0.05) is 26.6 Å². The Balaban J connectivity index is 0.00000592. The molecular formula is C60H60N3OPtSe-. The first-order valence-corrected chi connectivity index (χ1v) is 24.6. The van der Waals surface area contributed by atoms with Crippen LogP contribution in [0.2, 0.25) is 0 Å². The molecular weight excluding hydrogens is 1050 g/mol. The van der Waals surface area contributed by atoms with Crippen LogP contribution in [0.3, 0.4) is 0 Å². The summed E-state index contributed by atoms with van der Waals surface area (Å²) in [6.07, 6.45) is 1.91. The van der Waals surface area contributed by atoms with Gasteiger partial charge in [-0.05, 0) is 44.6 Å². The molecule has 1 aliphatic heterocycles. The van der Waals surface area contributed by atoms with Gasteiger partial charge in [-0.25, -0.2) is 0 Å². The Morgan fingerprint density at radius 2 is 1.20 bits per heavy atom. The molecule has 0 fully saturated rings. The maximum Gasteiger partial charge on any atom is 0 e. The molecule has 1 N–H and O–H groups in total. The van der Waals surface area contributed by atoms with Gasteiger partial charge in [0.2, 0.25) is 0 Å². The molecule has 0 aliphatic carbocycles. The second kappa shape index (κ2) is 17.5. The smallest absolute Gasteiger partial charge is 0 e. The third kappa shape index (κ3) is 9.12. The molecule has 1 unspecified atom stereocenters. The zero-order valence-corrected chi connectivity index (χ0v) is 44.3. The number of pyridine rings is 1. The van der Waals surface area contributed by atoms with Crippen molar-refractivity contribution in [1.82, 2.24) is 9.97 Å². The van der Waals surface area contributed by atoms with Crippen LogP contribution in [0.15, 0.2) is 139 Å². The molecule has 9 rings (SSSR count). The number of phenols is 1.